The van der Waals surface area contributed by atoms with Crippen LogP contribution in [0.3, 0.4) is 0 Å². The summed E-state index contributed by atoms with van der Waals surface area (Å²) in [5.41, 5.74) is 6.39. The Labute approximate surface area is 127 Å². The normalized spacial score (nSPS) is 11.4. The fourth-order valence-corrected chi connectivity index (χ4v) is 2.44. The summed E-state index contributed by atoms with van der Waals surface area (Å²) < 4.78 is 0. The molecule has 0 radical (unpaired) electrons. The van der Waals surface area contributed by atoms with Crippen molar-refractivity contribution in [2.24, 2.45) is 5.73 Å². The lowest BCUT2D eigenvalue weighted by molar-refractivity contribution is 0.0935. The zero-order valence-corrected chi connectivity index (χ0v) is 12.7. The quantitative estimate of drug-likeness (QED) is 0.845. The van der Waals surface area contributed by atoms with Crippen LogP contribution in [0.25, 0.3) is 0 Å². The molecule has 0 aliphatic carbocycles. The fourth-order valence-electron chi connectivity index (χ4n) is 1.66. The molecule has 0 saturated carbocycles. The first-order valence-electron chi connectivity index (χ1n) is 6.48. The van der Waals surface area contributed by atoms with E-state index in [0.29, 0.717) is 12.2 Å². The summed E-state index contributed by atoms with van der Waals surface area (Å²) in [7, 11) is 0. The molecular formula is C15H16N4OS. The van der Waals surface area contributed by atoms with Crippen LogP contribution >= 0.6 is 11.3 Å². The second-order valence-electron chi connectivity index (χ2n) is 4.44. The molecule has 0 aliphatic heterocycles. The van der Waals surface area contributed by atoms with Crippen molar-refractivity contribution in [3.8, 4) is 11.8 Å². The van der Waals surface area contributed by atoms with Gasteiger partial charge in [-0.2, -0.15) is 0 Å². The Morgan fingerprint density at radius 3 is 2.81 bits per heavy atom. The van der Waals surface area contributed by atoms with Crippen LogP contribution in [0.2, 0.25) is 0 Å². The number of aromatic nitrogens is 2. The molecule has 2 heterocycles. The molecule has 0 bridgehead atoms. The minimum atomic E-state index is -0.228. The van der Waals surface area contributed by atoms with Crippen molar-refractivity contribution in [3.05, 3.63) is 45.7 Å². The van der Waals surface area contributed by atoms with Crippen LogP contribution in [0.15, 0.2) is 24.5 Å². The highest BCUT2D eigenvalue weighted by Gasteiger charge is 2.14. The highest BCUT2D eigenvalue weighted by molar-refractivity contribution is 7.11. The predicted molar refractivity (Wildman–Crippen MR) is 82.9 cm³/mol. The Balaban J connectivity index is 2.03. The van der Waals surface area contributed by atoms with E-state index in [1.165, 1.54) is 0 Å². The van der Waals surface area contributed by atoms with E-state index >= 15 is 0 Å². The van der Waals surface area contributed by atoms with Crippen LogP contribution in [-0.4, -0.2) is 22.4 Å². The zero-order valence-electron chi connectivity index (χ0n) is 11.9. The molecule has 2 aromatic rings. The largest absolute Gasteiger partial charge is 0.342 e. The summed E-state index contributed by atoms with van der Waals surface area (Å²) in [6.45, 7) is 4.18. The van der Waals surface area contributed by atoms with Crippen molar-refractivity contribution in [2.75, 3.05) is 6.54 Å². The van der Waals surface area contributed by atoms with Crippen LogP contribution in [-0.2, 0) is 0 Å². The van der Waals surface area contributed by atoms with Gasteiger partial charge in [-0.15, -0.1) is 11.3 Å². The molecule has 0 aromatic carbocycles. The molecule has 0 aliphatic rings. The molecule has 5 nitrogen and oxygen atoms in total. The van der Waals surface area contributed by atoms with Gasteiger partial charge in [0.15, 0.2) is 0 Å². The van der Waals surface area contributed by atoms with Crippen molar-refractivity contribution in [1.82, 2.24) is 15.3 Å². The first-order chi connectivity index (χ1) is 10.1. The number of hydrogen-bond acceptors (Lipinski definition) is 5. The zero-order chi connectivity index (χ0) is 15.2. The van der Waals surface area contributed by atoms with Gasteiger partial charge in [-0.25, -0.2) is 9.97 Å². The van der Waals surface area contributed by atoms with Crippen LogP contribution in [0.4, 0.5) is 0 Å². The molecule has 2 rings (SSSR count). The molecule has 6 heteroatoms. The maximum absolute atomic E-state index is 12.1. The smallest absolute Gasteiger partial charge is 0.270 e. The van der Waals surface area contributed by atoms with Gasteiger partial charge in [-0.3, -0.25) is 4.79 Å². The van der Waals surface area contributed by atoms with Gasteiger partial charge in [-0.1, -0.05) is 11.8 Å². The number of carbonyl (C=O) groups excluding carboxylic acids is 1. The number of nitrogens with zero attached hydrogens (tertiary/aromatic N) is 2. The summed E-state index contributed by atoms with van der Waals surface area (Å²) in [5, 5.41) is 3.76. The Morgan fingerprint density at radius 2 is 2.24 bits per heavy atom. The van der Waals surface area contributed by atoms with E-state index < -0.39 is 0 Å². The minimum absolute atomic E-state index is 0.144. The lowest BCUT2D eigenvalue weighted by Gasteiger charge is -2.10. The van der Waals surface area contributed by atoms with Crippen LogP contribution in [0.5, 0.6) is 0 Å². The van der Waals surface area contributed by atoms with E-state index in [1.54, 1.807) is 35.9 Å². The SMILES string of the molecule is Cc1cnc(C(C)NC(=O)c2ccc(C#CCN)cn2)s1. The summed E-state index contributed by atoms with van der Waals surface area (Å²) in [6.07, 6.45) is 3.36. The first-order valence-corrected chi connectivity index (χ1v) is 7.30. The topological polar surface area (TPSA) is 80.9 Å². The number of aryl methyl sites for hydroxylation is 1. The number of hydrogen-bond donors (Lipinski definition) is 2. The summed E-state index contributed by atoms with van der Waals surface area (Å²) in [5.74, 6) is 5.37. The number of amides is 1. The van der Waals surface area contributed by atoms with Gasteiger partial charge < -0.3 is 11.1 Å². The highest BCUT2D eigenvalue weighted by atomic mass is 32.1. The van der Waals surface area contributed by atoms with Gasteiger partial charge in [-0.05, 0) is 26.0 Å². The molecule has 1 unspecified atom stereocenters. The number of thiazole rings is 1. The first kappa shape index (κ1) is 15.2. The summed E-state index contributed by atoms with van der Waals surface area (Å²) in [6, 6.07) is 3.26. The summed E-state index contributed by atoms with van der Waals surface area (Å²) in [4.78, 5) is 21.6. The lowest BCUT2D eigenvalue weighted by atomic mass is 10.2. The van der Waals surface area contributed by atoms with Gasteiger partial charge in [0.05, 0.1) is 12.6 Å². The van der Waals surface area contributed by atoms with Gasteiger partial charge in [0, 0.05) is 22.8 Å². The minimum Gasteiger partial charge on any atom is -0.342 e. The van der Waals surface area contributed by atoms with E-state index in [4.69, 9.17) is 5.73 Å². The molecule has 21 heavy (non-hydrogen) atoms. The van der Waals surface area contributed by atoms with Crippen molar-refractivity contribution in [3.63, 3.8) is 0 Å². The monoisotopic (exact) mass is 300 g/mol. The summed E-state index contributed by atoms with van der Waals surface area (Å²) >= 11 is 1.57. The van der Waals surface area contributed by atoms with Gasteiger partial charge in [0.25, 0.3) is 5.91 Å². The Hall–Kier alpha value is -2.23. The Kier molecular flexibility index (Phi) is 5.04. The molecule has 0 saturated heterocycles. The number of nitrogens with one attached hydrogen (secondary N) is 1. The maximum atomic E-state index is 12.1. The van der Waals surface area contributed by atoms with Gasteiger partial charge in [0.1, 0.15) is 10.7 Å². The number of carbonyl (C=O) groups is 1. The van der Waals surface area contributed by atoms with Crippen LogP contribution < -0.4 is 11.1 Å². The molecule has 0 spiro atoms. The third-order valence-corrected chi connectivity index (χ3v) is 3.78. The molecular weight excluding hydrogens is 284 g/mol. The standard InChI is InChI=1S/C15H16N4OS/c1-10-8-18-15(21-10)11(2)19-14(20)13-6-5-12(9-17-13)4-3-7-16/h5-6,8-9,11H,7,16H2,1-2H3,(H,19,20). The van der Waals surface area contributed by atoms with Crippen molar-refractivity contribution in [2.45, 2.75) is 19.9 Å². The van der Waals surface area contributed by atoms with Crippen molar-refractivity contribution in [1.29, 1.82) is 0 Å². The average molecular weight is 300 g/mol. The van der Waals surface area contributed by atoms with E-state index in [-0.39, 0.29) is 11.9 Å². The van der Waals surface area contributed by atoms with Gasteiger partial charge >= 0.3 is 0 Å². The van der Waals surface area contributed by atoms with E-state index in [9.17, 15) is 4.79 Å². The molecule has 108 valence electrons. The third kappa shape index (κ3) is 4.12. The molecule has 1 atom stereocenters. The number of pyridine rings is 1. The fraction of sp³-hybridized carbons (Fsp3) is 0.267. The second-order valence-corrected chi connectivity index (χ2v) is 5.71. The van der Waals surface area contributed by atoms with Crippen LogP contribution in [0, 0.1) is 18.8 Å². The lowest BCUT2D eigenvalue weighted by Crippen LogP contribution is -2.27. The van der Waals surface area contributed by atoms with E-state index in [2.05, 4.69) is 27.1 Å². The predicted octanol–water partition coefficient (Wildman–Crippen LogP) is 1.65. The molecule has 3 N–H and O–H groups in total. The number of rotatable bonds is 3. The van der Waals surface area contributed by atoms with E-state index in [0.717, 1.165) is 15.4 Å². The van der Waals surface area contributed by atoms with Crippen molar-refractivity contribution >= 4 is 17.2 Å². The molecule has 0 fully saturated rings. The van der Waals surface area contributed by atoms with E-state index in [1.807, 2.05) is 13.8 Å². The highest BCUT2D eigenvalue weighted by Crippen LogP contribution is 2.19. The van der Waals surface area contributed by atoms with Crippen molar-refractivity contribution < 1.29 is 4.79 Å². The Bertz CT molecular complexity index is 682. The average Bonchev–Trinajstić information content (AvgIpc) is 2.92. The molecule has 1 amide bonds. The van der Waals surface area contributed by atoms with Crippen LogP contribution in [0.1, 0.15) is 38.9 Å². The maximum Gasteiger partial charge on any atom is 0.270 e. The van der Waals surface area contributed by atoms with Gasteiger partial charge in [0.2, 0.25) is 0 Å². The Morgan fingerprint density at radius 1 is 1.43 bits per heavy atom. The third-order valence-electron chi connectivity index (χ3n) is 2.69. The number of nitrogens with two attached hydrogens (primary N) is 1. The molecule has 2 aromatic heterocycles. The second kappa shape index (κ2) is 6.97.